The summed E-state index contributed by atoms with van der Waals surface area (Å²) in [6.07, 6.45) is 0. The van der Waals surface area contributed by atoms with Crippen molar-refractivity contribution in [2.45, 2.75) is 26.7 Å². The second kappa shape index (κ2) is 4.91. The molecule has 0 bridgehead atoms. The largest absolute Gasteiger partial charge is 0.265 e. The van der Waals surface area contributed by atoms with E-state index in [1.165, 1.54) is 5.56 Å². The minimum absolute atomic E-state index is 0.0144. The SMILES string of the molecule is Cc1ccc([C@@H](C[N+](=O)[O-])C(C)C)cc1. The fourth-order valence-electron chi connectivity index (χ4n) is 1.68. The van der Waals surface area contributed by atoms with Gasteiger partial charge in [0, 0.05) is 4.92 Å². The van der Waals surface area contributed by atoms with Gasteiger partial charge in [0.15, 0.2) is 0 Å². The number of aryl methyl sites for hydroxylation is 1. The first-order chi connectivity index (χ1) is 7.00. The molecule has 0 aromatic heterocycles. The van der Waals surface area contributed by atoms with E-state index in [-0.39, 0.29) is 23.3 Å². The summed E-state index contributed by atoms with van der Waals surface area (Å²) in [7, 11) is 0. The molecule has 0 aliphatic rings. The van der Waals surface area contributed by atoms with Crippen molar-refractivity contribution in [3.63, 3.8) is 0 Å². The third kappa shape index (κ3) is 3.35. The number of benzene rings is 1. The van der Waals surface area contributed by atoms with Crippen molar-refractivity contribution >= 4 is 0 Å². The van der Waals surface area contributed by atoms with E-state index in [1.807, 2.05) is 45.0 Å². The van der Waals surface area contributed by atoms with Gasteiger partial charge in [-0.25, -0.2) is 0 Å². The number of rotatable bonds is 4. The summed E-state index contributed by atoms with van der Waals surface area (Å²) in [6.45, 7) is 6.07. The molecule has 82 valence electrons. The van der Waals surface area contributed by atoms with E-state index in [0.717, 1.165) is 5.56 Å². The predicted octanol–water partition coefficient (Wildman–Crippen LogP) is 3.01. The molecular weight excluding hydrogens is 190 g/mol. The van der Waals surface area contributed by atoms with Gasteiger partial charge in [0.25, 0.3) is 0 Å². The lowest BCUT2D eigenvalue weighted by Gasteiger charge is -2.17. The summed E-state index contributed by atoms with van der Waals surface area (Å²) in [5, 5.41) is 10.6. The lowest BCUT2D eigenvalue weighted by atomic mass is 9.88. The Labute approximate surface area is 90.3 Å². The molecule has 1 aromatic carbocycles. The molecule has 0 amide bonds. The molecular formula is C12H17NO2. The average Bonchev–Trinajstić information content (AvgIpc) is 2.15. The van der Waals surface area contributed by atoms with Gasteiger partial charge in [-0.05, 0) is 18.4 Å². The van der Waals surface area contributed by atoms with Crippen molar-refractivity contribution in [2.24, 2.45) is 5.92 Å². The van der Waals surface area contributed by atoms with Gasteiger partial charge < -0.3 is 0 Å². The van der Waals surface area contributed by atoms with E-state index < -0.39 is 0 Å². The normalized spacial score (nSPS) is 12.8. The summed E-state index contributed by atoms with van der Waals surface area (Å²) in [5.41, 5.74) is 2.25. The highest BCUT2D eigenvalue weighted by molar-refractivity contribution is 5.24. The maximum Gasteiger partial charge on any atom is 0.210 e. The molecule has 3 heteroatoms. The fourth-order valence-corrected chi connectivity index (χ4v) is 1.68. The molecule has 0 saturated heterocycles. The van der Waals surface area contributed by atoms with Crippen LogP contribution in [-0.2, 0) is 0 Å². The van der Waals surface area contributed by atoms with E-state index in [0.29, 0.717) is 0 Å². The van der Waals surface area contributed by atoms with Crippen molar-refractivity contribution < 1.29 is 4.92 Å². The molecule has 0 aliphatic heterocycles. The molecule has 1 rings (SSSR count). The van der Waals surface area contributed by atoms with E-state index >= 15 is 0 Å². The number of nitro groups is 1. The van der Waals surface area contributed by atoms with Crippen LogP contribution >= 0.6 is 0 Å². The molecule has 0 heterocycles. The topological polar surface area (TPSA) is 43.1 Å². The molecule has 0 N–H and O–H groups in total. The first-order valence-electron chi connectivity index (χ1n) is 5.19. The zero-order valence-corrected chi connectivity index (χ0v) is 9.43. The van der Waals surface area contributed by atoms with Crippen LogP contribution in [0.4, 0.5) is 0 Å². The quantitative estimate of drug-likeness (QED) is 0.562. The molecule has 0 unspecified atom stereocenters. The minimum atomic E-state index is -0.232. The summed E-state index contributed by atoms with van der Waals surface area (Å²) >= 11 is 0. The zero-order valence-electron chi connectivity index (χ0n) is 9.43. The van der Waals surface area contributed by atoms with Gasteiger partial charge in [-0.2, -0.15) is 0 Å². The number of hydrogen-bond acceptors (Lipinski definition) is 2. The van der Waals surface area contributed by atoms with Crippen LogP contribution in [0.1, 0.15) is 30.9 Å². The van der Waals surface area contributed by atoms with E-state index in [4.69, 9.17) is 0 Å². The Balaban J connectivity index is 2.88. The van der Waals surface area contributed by atoms with Gasteiger partial charge in [0.2, 0.25) is 6.54 Å². The Kier molecular flexibility index (Phi) is 3.83. The molecule has 3 nitrogen and oxygen atoms in total. The minimum Gasteiger partial charge on any atom is -0.265 e. The van der Waals surface area contributed by atoms with Crippen LogP contribution in [-0.4, -0.2) is 11.5 Å². The van der Waals surface area contributed by atoms with Gasteiger partial charge in [0.05, 0.1) is 5.92 Å². The Bertz CT molecular complexity index is 330. The van der Waals surface area contributed by atoms with Crippen LogP contribution in [0.3, 0.4) is 0 Å². The van der Waals surface area contributed by atoms with Crippen LogP contribution in [0.15, 0.2) is 24.3 Å². The third-order valence-corrected chi connectivity index (χ3v) is 2.66. The molecule has 1 atom stereocenters. The number of nitrogens with zero attached hydrogens (tertiary/aromatic N) is 1. The first-order valence-corrected chi connectivity index (χ1v) is 5.19. The monoisotopic (exact) mass is 207 g/mol. The lowest BCUT2D eigenvalue weighted by molar-refractivity contribution is -0.484. The summed E-state index contributed by atoms with van der Waals surface area (Å²) in [5.74, 6) is 0.304. The van der Waals surface area contributed by atoms with Crippen LogP contribution in [0.2, 0.25) is 0 Å². The standard InChI is InChI=1S/C12H17NO2/c1-9(2)12(8-13(14)15)11-6-4-10(3)5-7-11/h4-7,9,12H,8H2,1-3H3/t12-/m0/s1. The van der Waals surface area contributed by atoms with Crippen molar-refractivity contribution in [3.8, 4) is 0 Å². The maximum atomic E-state index is 10.6. The summed E-state index contributed by atoms with van der Waals surface area (Å²) in [4.78, 5) is 10.3. The second-order valence-corrected chi connectivity index (χ2v) is 4.28. The zero-order chi connectivity index (χ0) is 11.4. The Hall–Kier alpha value is -1.38. The molecule has 1 aromatic rings. The van der Waals surface area contributed by atoms with E-state index in [2.05, 4.69) is 0 Å². The van der Waals surface area contributed by atoms with Crippen molar-refractivity contribution in [1.82, 2.24) is 0 Å². The van der Waals surface area contributed by atoms with Gasteiger partial charge >= 0.3 is 0 Å². The Morgan fingerprint density at radius 3 is 2.20 bits per heavy atom. The number of hydrogen-bond donors (Lipinski definition) is 0. The van der Waals surface area contributed by atoms with Crippen LogP contribution < -0.4 is 0 Å². The van der Waals surface area contributed by atoms with E-state index in [9.17, 15) is 10.1 Å². The highest BCUT2D eigenvalue weighted by Crippen LogP contribution is 2.24. The fraction of sp³-hybridized carbons (Fsp3) is 0.500. The van der Waals surface area contributed by atoms with Gasteiger partial charge in [-0.3, -0.25) is 10.1 Å². The Morgan fingerprint density at radius 2 is 1.80 bits per heavy atom. The van der Waals surface area contributed by atoms with Gasteiger partial charge in [-0.15, -0.1) is 0 Å². The summed E-state index contributed by atoms with van der Waals surface area (Å²) in [6, 6.07) is 7.99. The summed E-state index contributed by atoms with van der Waals surface area (Å²) < 4.78 is 0. The highest BCUT2D eigenvalue weighted by atomic mass is 16.6. The van der Waals surface area contributed by atoms with Crippen molar-refractivity contribution in [3.05, 3.63) is 45.5 Å². The molecule has 0 aliphatic carbocycles. The lowest BCUT2D eigenvalue weighted by Crippen LogP contribution is -2.17. The van der Waals surface area contributed by atoms with Gasteiger partial charge in [0.1, 0.15) is 0 Å². The first kappa shape index (κ1) is 11.7. The molecule has 0 fully saturated rings. The van der Waals surface area contributed by atoms with Gasteiger partial charge in [-0.1, -0.05) is 43.7 Å². The highest BCUT2D eigenvalue weighted by Gasteiger charge is 2.21. The molecule has 0 spiro atoms. The predicted molar refractivity (Wildman–Crippen MR) is 60.6 cm³/mol. The third-order valence-electron chi connectivity index (χ3n) is 2.66. The maximum absolute atomic E-state index is 10.6. The smallest absolute Gasteiger partial charge is 0.210 e. The van der Waals surface area contributed by atoms with Crippen LogP contribution in [0.5, 0.6) is 0 Å². The van der Waals surface area contributed by atoms with Crippen molar-refractivity contribution in [1.29, 1.82) is 0 Å². The molecule has 0 saturated carbocycles. The van der Waals surface area contributed by atoms with Crippen LogP contribution in [0.25, 0.3) is 0 Å². The van der Waals surface area contributed by atoms with Crippen molar-refractivity contribution in [2.75, 3.05) is 6.54 Å². The van der Waals surface area contributed by atoms with Crippen LogP contribution in [0, 0.1) is 23.0 Å². The molecule has 0 radical (unpaired) electrons. The van der Waals surface area contributed by atoms with E-state index in [1.54, 1.807) is 0 Å². The Morgan fingerprint density at radius 1 is 1.27 bits per heavy atom. The average molecular weight is 207 g/mol. The molecule has 15 heavy (non-hydrogen) atoms. The second-order valence-electron chi connectivity index (χ2n) is 4.28.